The molecule has 182 valence electrons. The summed E-state index contributed by atoms with van der Waals surface area (Å²) in [5.41, 5.74) is 1.80. The quantitative estimate of drug-likeness (QED) is 0.583. The van der Waals surface area contributed by atoms with E-state index in [-0.39, 0.29) is 28.0 Å². The number of anilines is 1. The molecule has 1 fully saturated rings. The van der Waals surface area contributed by atoms with Crippen LogP contribution < -0.4 is 10.0 Å². The zero-order valence-corrected chi connectivity index (χ0v) is 20.8. The second-order valence-corrected chi connectivity index (χ2v) is 11.3. The first-order valence-corrected chi connectivity index (χ1v) is 12.9. The highest BCUT2D eigenvalue weighted by Gasteiger charge is 2.28. The number of carbonyl (C=O) groups is 2. The lowest BCUT2D eigenvalue weighted by atomic mass is 9.87. The smallest absolute Gasteiger partial charge is 0.261 e. The van der Waals surface area contributed by atoms with Gasteiger partial charge in [0.25, 0.3) is 15.9 Å². The van der Waals surface area contributed by atoms with Gasteiger partial charge in [0.15, 0.2) is 0 Å². The van der Waals surface area contributed by atoms with Gasteiger partial charge in [-0.1, -0.05) is 39.0 Å². The minimum absolute atomic E-state index is 0.0676. The van der Waals surface area contributed by atoms with Gasteiger partial charge in [-0.05, 0) is 60.2 Å². The summed E-state index contributed by atoms with van der Waals surface area (Å²) in [5.74, 6) is -0.487. The lowest BCUT2D eigenvalue weighted by molar-refractivity contribution is -0.126. The van der Waals surface area contributed by atoms with E-state index in [4.69, 9.17) is 0 Å². The van der Waals surface area contributed by atoms with Crippen LogP contribution in [-0.4, -0.2) is 44.8 Å². The van der Waals surface area contributed by atoms with Gasteiger partial charge in [-0.2, -0.15) is 0 Å². The minimum atomic E-state index is -3.75. The average Bonchev–Trinajstić information content (AvgIpc) is 2.82. The molecule has 8 heteroatoms. The first kappa shape index (κ1) is 25.5. The Morgan fingerprint density at radius 3 is 2.32 bits per heavy atom. The van der Waals surface area contributed by atoms with Crippen LogP contribution in [-0.2, 0) is 20.2 Å². The zero-order valence-electron chi connectivity index (χ0n) is 20.0. The normalized spacial score (nSPS) is 16.6. The molecule has 1 unspecified atom stereocenters. The van der Waals surface area contributed by atoms with Crippen LogP contribution in [0.4, 0.5) is 5.69 Å². The van der Waals surface area contributed by atoms with Crippen LogP contribution in [0.25, 0.3) is 0 Å². The highest BCUT2D eigenvalue weighted by atomic mass is 32.2. The molecule has 2 amide bonds. The molecule has 0 saturated carbocycles. The molecule has 1 aliphatic rings. The summed E-state index contributed by atoms with van der Waals surface area (Å²) in [5, 5.41) is 2.79. The van der Waals surface area contributed by atoms with Crippen LogP contribution in [0, 0.1) is 5.92 Å². The van der Waals surface area contributed by atoms with Gasteiger partial charge in [-0.15, -0.1) is 6.58 Å². The van der Waals surface area contributed by atoms with Crippen molar-refractivity contribution >= 4 is 27.5 Å². The number of sulfonamides is 1. The summed E-state index contributed by atoms with van der Waals surface area (Å²) in [4.78, 5) is 27.1. The van der Waals surface area contributed by atoms with Gasteiger partial charge in [-0.3, -0.25) is 14.3 Å². The topological polar surface area (TPSA) is 95.6 Å². The third-order valence-corrected chi connectivity index (χ3v) is 7.31. The summed E-state index contributed by atoms with van der Waals surface area (Å²) in [7, 11) is -3.75. The number of benzene rings is 2. The monoisotopic (exact) mass is 483 g/mol. The Hall–Kier alpha value is -3.13. The molecule has 3 rings (SSSR count). The lowest BCUT2D eigenvalue weighted by Gasteiger charge is -2.32. The maximum absolute atomic E-state index is 13.0. The minimum Gasteiger partial charge on any atom is -0.352 e. The molecule has 0 aliphatic carbocycles. The fourth-order valence-electron chi connectivity index (χ4n) is 3.90. The van der Waals surface area contributed by atoms with Crippen molar-refractivity contribution in [2.24, 2.45) is 5.92 Å². The van der Waals surface area contributed by atoms with Crippen molar-refractivity contribution in [2.45, 2.75) is 43.9 Å². The van der Waals surface area contributed by atoms with E-state index < -0.39 is 10.0 Å². The second-order valence-electron chi connectivity index (χ2n) is 9.58. The summed E-state index contributed by atoms with van der Waals surface area (Å²) in [6.07, 6.45) is 3.12. The molecule has 2 aromatic carbocycles. The number of amides is 2. The van der Waals surface area contributed by atoms with E-state index in [2.05, 4.69) is 37.4 Å². The Morgan fingerprint density at radius 1 is 1.09 bits per heavy atom. The number of hydrogen-bond acceptors (Lipinski definition) is 4. The van der Waals surface area contributed by atoms with E-state index in [1.54, 1.807) is 47.4 Å². The molecule has 1 atom stereocenters. The third kappa shape index (κ3) is 6.26. The molecule has 1 aliphatic heterocycles. The van der Waals surface area contributed by atoms with Gasteiger partial charge < -0.3 is 10.2 Å². The SMILES string of the molecule is C=CCNC(=O)C1CCCN(C(=O)c2ccc(NS(=O)(=O)c3ccc(C(C)(C)C)cc3)cc2)C1. The van der Waals surface area contributed by atoms with Gasteiger partial charge in [0.2, 0.25) is 5.91 Å². The van der Waals surface area contributed by atoms with Gasteiger partial charge in [0, 0.05) is 30.9 Å². The van der Waals surface area contributed by atoms with Crippen LogP contribution in [0.15, 0.2) is 66.1 Å². The Bertz CT molecular complexity index is 1130. The number of nitrogens with zero attached hydrogens (tertiary/aromatic N) is 1. The van der Waals surface area contributed by atoms with E-state index >= 15 is 0 Å². The summed E-state index contributed by atoms with van der Waals surface area (Å²) in [6.45, 7) is 11.2. The predicted octanol–water partition coefficient (Wildman–Crippen LogP) is 3.94. The molecule has 2 N–H and O–H groups in total. The van der Waals surface area contributed by atoms with Crippen molar-refractivity contribution in [1.82, 2.24) is 10.2 Å². The number of nitrogens with one attached hydrogen (secondary N) is 2. The first-order valence-electron chi connectivity index (χ1n) is 11.4. The van der Waals surface area contributed by atoms with Crippen LogP contribution in [0.2, 0.25) is 0 Å². The lowest BCUT2D eigenvalue weighted by Crippen LogP contribution is -2.45. The van der Waals surface area contributed by atoms with Crippen LogP contribution >= 0.6 is 0 Å². The van der Waals surface area contributed by atoms with E-state index in [0.29, 0.717) is 30.9 Å². The number of piperidine rings is 1. The predicted molar refractivity (Wildman–Crippen MR) is 134 cm³/mol. The van der Waals surface area contributed by atoms with Gasteiger partial charge in [0.05, 0.1) is 10.8 Å². The Morgan fingerprint density at radius 2 is 1.74 bits per heavy atom. The molecule has 7 nitrogen and oxygen atoms in total. The third-order valence-electron chi connectivity index (χ3n) is 5.91. The zero-order chi connectivity index (χ0) is 24.9. The molecule has 0 radical (unpaired) electrons. The van der Waals surface area contributed by atoms with E-state index in [9.17, 15) is 18.0 Å². The average molecular weight is 484 g/mol. The van der Waals surface area contributed by atoms with E-state index in [1.165, 1.54) is 0 Å². The Kier molecular flexibility index (Phi) is 7.82. The number of rotatable bonds is 7. The first-order chi connectivity index (χ1) is 16.0. The highest BCUT2D eigenvalue weighted by molar-refractivity contribution is 7.92. The van der Waals surface area contributed by atoms with Gasteiger partial charge >= 0.3 is 0 Å². The fraction of sp³-hybridized carbons (Fsp3) is 0.385. The Balaban J connectivity index is 1.65. The standard InChI is InChI=1S/C26H33N3O4S/c1-5-16-27-24(30)20-7-6-17-29(18-20)25(31)19-8-12-22(13-9-19)28-34(32,33)23-14-10-21(11-15-23)26(2,3)4/h5,8-15,20,28H,1,6-7,16-18H2,2-4H3,(H,27,30). The molecule has 1 heterocycles. The molecule has 34 heavy (non-hydrogen) atoms. The van der Waals surface area contributed by atoms with Crippen molar-refractivity contribution in [3.8, 4) is 0 Å². The van der Waals surface area contributed by atoms with Gasteiger partial charge in [0.1, 0.15) is 0 Å². The summed E-state index contributed by atoms with van der Waals surface area (Å²) in [6, 6.07) is 13.2. The largest absolute Gasteiger partial charge is 0.352 e. The molecular formula is C26H33N3O4S. The van der Waals surface area contributed by atoms with Gasteiger partial charge in [-0.25, -0.2) is 8.42 Å². The van der Waals surface area contributed by atoms with Crippen LogP contribution in [0.1, 0.15) is 49.5 Å². The Labute approximate surface area is 202 Å². The van der Waals surface area contributed by atoms with Crippen molar-refractivity contribution in [2.75, 3.05) is 24.4 Å². The fourth-order valence-corrected chi connectivity index (χ4v) is 4.96. The molecule has 0 bridgehead atoms. The summed E-state index contributed by atoms with van der Waals surface area (Å²) < 4.78 is 28.1. The maximum atomic E-state index is 13.0. The highest BCUT2D eigenvalue weighted by Crippen LogP contribution is 2.25. The number of hydrogen-bond donors (Lipinski definition) is 2. The number of likely N-dealkylation sites (tertiary alicyclic amines) is 1. The number of carbonyl (C=O) groups excluding carboxylic acids is 2. The second kappa shape index (κ2) is 10.4. The van der Waals surface area contributed by atoms with Crippen molar-refractivity contribution < 1.29 is 18.0 Å². The van der Waals surface area contributed by atoms with E-state index in [0.717, 1.165) is 18.4 Å². The van der Waals surface area contributed by atoms with Crippen molar-refractivity contribution in [1.29, 1.82) is 0 Å². The van der Waals surface area contributed by atoms with E-state index in [1.807, 2.05) is 12.1 Å². The summed E-state index contributed by atoms with van der Waals surface area (Å²) >= 11 is 0. The molecule has 1 saturated heterocycles. The van der Waals surface area contributed by atoms with Crippen molar-refractivity contribution in [3.05, 3.63) is 72.3 Å². The molecular weight excluding hydrogens is 450 g/mol. The molecule has 0 aromatic heterocycles. The van der Waals surface area contributed by atoms with Crippen LogP contribution in [0.3, 0.4) is 0 Å². The molecule has 2 aromatic rings. The molecule has 0 spiro atoms. The van der Waals surface area contributed by atoms with Crippen LogP contribution in [0.5, 0.6) is 0 Å². The maximum Gasteiger partial charge on any atom is 0.261 e. The van der Waals surface area contributed by atoms with Crippen molar-refractivity contribution in [3.63, 3.8) is 0 Å².